The summed E-state index contributed by atoms with van der Waals surface area (Å²) in [4.78, 5) is 15.3. The lowest BCUT2D eigenvalue weighted by Crippen LogP contribution is -2.09. The van der Waals surface area contributed by atoms with Crippen molar-refractivity contribution in [3.05, 3.63) is 24.0 Å². The van der Waals surface area contributed by atoms with E-state index in [0.717, 1.165) is 17.9 Å². The van der Waals surface area contributed by atoms with Crippen molar-refractivity contribution in [3.8, 4) is 0 Å². The minimum Gasteiger partial charge on any atom is -0.461 e. The summed E-state index contributed by atoms with van der Waals surface area (Å²) in [6.07, 6.45) is 2.32. The van der Waals surface area contributed by atoms with E-state index >= 15 is 0 Å². The fourth-order valence-corrected chi connectivity index (χ4v) is 1.68. The molecule has 0 fully saturated rings. The predicted octanol–water partition coefficient (Wildman–Crippen LogP) is 1.96. The number of ether oxygens (including phenoxy) is 1. The van der Waals surface area contributed by atoms with Crippen LogP contribution in [0.1, 0.15) is 23.8 Å². The minimum absolute atomic E-state index is 0.303. The Morgan fingerprint density at radius 3 is 3.00 bits per heavy atom. The normalized spacial score (nSPS) is 10.1. The summed E-state index contributed by atoms with van der Waals surface area (Å²) in [6, 6.07) is 3.20. The fraction of sp³-hybridized carbons (Fsp3) is 0.455. The molecule has 2 N–H and O–H groups in total. The van der Waals surface area contributed by atoms with Crippen LogP contribution in [0.25, 0.3) is 0 Å². The number of nitrogens with zero attached hydrogens (tertiary/aromatic N) is 1. The Kier molecular flexibility index (Phi) is 5.71. The molecular weight excluding hydrogens is 224 g/mol. The number of carbonyl (C=O) groups excluding carboxylic acids is 1. The number of anilines is 1. The van der Waals surface area contributed by atoms with Gasteiger partial charge in [-0.05, 0) is 30.1 Å². The maximum atomic E-state index is 11.5. The lowest BCUT2D eigenvalue weighted by molar-refractivity contribution is 0.0499. The highest BCUT2D eigenvalue weighted by Gasteiger charge is 2.07. The molecule has 0 atom stereocenters. The first-order chi connectivity index (χ1) is 7.74. The smallest absolute Gasteiger partial charge is 0.356 e. The third-order valence-corrected chi connectivity index (χ3v) is 2.85. The van der Waals surface area contributed by atoms with Crippen molar-refractivity contribution in [2.24, 2.45) is 0 Å². The Balaban J connectivity index is 2.27. The molecular formula is C11H16N2O2S. The van der Waals surface area contributed by atoms with Crippen molar-refractivity contribution in [1.82, 2.24) is 4.98 Å². The van der Waals surface area contributed by atoms with Gasteiger partial charge < -0.3 is 10.5 Å². The van der Waals surface area contributed by atoms with Crippen LogP contribution in [0.15, 0.2) is 18.3 Å². The van der Waals surface area contributed by atoms with Gasteiger partial charge in [0.15, 0.2) is 0 Å². The summed E-state index contributed by atoms with van der Waals surface area (Å²) in [5.74, 6) is 1.72. The summed E-state index contributed by atoms with van der Waals surface area (Å²) >= 11 is 1.83. The molecule has 1 heterocycles. The van der Waals surface area contributed by atoms with Crippen LogP contribution in [-0.4, -0.2) is 29.1 Å². The van der Waals surface area contributed by atoms with E-state index in [1.807, 2.05) is 11.8 Å². The van der Waals surface area contributed by atoms with Gasteiger partial charge in [0, 0.05) is 0 Å². The highest BCUT2D eigenvalue weighted by Crippen LogP contribution is 2.04. The number of hydrogen-bond donors (Lipinski definition) is 1. The van der Waals surface area contributed by atoms with Crippen molar-refractivity contribution < 1.29 is 9.53 Å². The van der Waals surface area contributed by atoms with E-state index in [2.05, 4.69) is 11.9 Å². The lowest BCUT2D eigenvalue weighted by Gasteiger charge is -2.03. The number of rotatable bonds is 6. The van der Waals surface area contributed by atoms with Gasteiger partial charge >= 0.3 is 5.97 Å². The molecule has 1 aromatic heterocycles. The number of hydrogen-bond acceptors (Lipinski definition) is 5. The van der Waals surface area contributed by atoms with Crippen LogP contribution in [-0.2, 0) is 4.74 Å². The average molecular weight is 240 g/mol. The Bertz CT molecular complexity index is 327. The number of thioether (sulfide) groups is 1. The molecule has 0 spiro atoms. The van der Waals surface area contributed by atoms with E-state index < -0.39 is 0 Å². The zero-order chi connectivity index (χ0) is 11.8. The molecule has 0 aliphatic rings. The van der Waals surface area contributed by atoms with Gasteiger partial charge in [-0.25, -0.2) is 9.78 Å². The third-order valence-electron chi connectivity index (χ3n) is 1.87. The molecule has 88 valence electrons. The Morgan fingerprint density at radius 2 is 2.38 bits per heavy atom. The molecule has 0 aliphatic carbocycles. The molecule has 0 radical (unpaired) electrons. The van der Waals surface area contributed by atoms with Gasteiger partial charge in [-0.1, -0.05) is 6.92 Å². The summed E-state index contributed by atoms with van der Waals surface area (Å²) in [6.45, 7) is 2.55. The first kappa shape index (κ1) is 12.8. The second kappa shape index (κ2) is 7.11. The summed E-state index contributed by atoms with van der Waals surface area (Å²) in [5, 5.41) is 0. The van der Waals surface area contributed by atoms with Crippen molar-refractivity contribution in [2.45, 2.75) is 13.3 Å². The Hall–Kier alpha value is -1.23. The number of esters is 1. The van der Waals surface area contributed by atoms with Gasteiger partial charge in [-0.15, -0.1) is 0 Å². The molecule has 0 aliphatic heterocycles. The highest BCUT2D eigenvalue weighted by molar-refractivity contribution is 7.99. The second-order valence-electron chi connectivity index (χ2n) is 3.16. The highest BCUT2D eigenvalue weighted by atomic mass is 32.2. The van der Waals surface area contributed by atoms with Gasteiger partial charge in [-0.3, -0.25) is 0 Å². The summed E-state index contributed by atoms with van der Waals surface area (Å²) in [5.41, 5.74) is 6.31. The van der Waals surface area contributed by atoms with Crippen LogP contribution >= 0.6 is 11.8 Å². The number of nitrogens with two attached hydrogens (primary N) is 1. The van der Waals surface area contributed by atoms with E-state index in [0.29, 0.717) is 18.0 Å². The van der Waals surface area contributed by atoms with E-state index in [1.165, 1.54) is 6.20 Å². The fourth-order valence-electron chi connectivity index (χ4n) is 1.07. The Morgan fingerprint density at radius 1 is 1.56 bits per heavy atom. The average Bonchev–Trinajstić information content (AvgIpc) is 2.29. The molecule has 4 nitrogen and oxygen atoms in total. The SMILES string of the molecule is CCSCCCOC(=O)c1ccc(N)cn1. The van der Waals surface area contributed by atoms with Crippen molar-refractivity contribution in [1.29, 1.82) is 0 Å². The number of pyridine rings is 1. The summed E-state index contributed by atoms with van der Waals surface area (Å²) in [7, 11) is 0. The zero-order valence-electron chi connectivity index (χ0n) is 9.31. The van der Waals surface area contributed by atoms with Crippen molar-refractivity contribution in [2.75, 3.05) is 23.8 Å². The van der Waals surface area contributed by atoms with E-state index in [4.69, 9.17) is 10.5 Å². The Labute approximate surface area is 99.6 Å². The first-order valence-corrected chi connectivity index (χ1v) is 6.36. The lowest BCUT2D eigenvalue weighted by atomic mass is 10.3. The molecule has 1 aromatic rings. The molecule has 0 amide bonds. The number of nitrogen functional groups attached to an aromatic ring is 1. The molecule has 5 heteroatoms. The van der Waals surface area contributed by atoms with Crippen LogP contribution in [0.3, 0.4) is 0 Å². The molecule has 0 saturated carbocycles. The van der Waals surface area contributed by atoms with Gasteiger partial charge in [0.05, 0.1) is 18.5 Å². The predicted molar refractivity (Wildman–Crippen MR) is 66.5 cm³/mol. The molecule has 0 aromatic carbocycles. The van der Waals surface area contributed by atoms with Crippen LogP contribution in [0.4, 0.5) is 5.69 Å². The van der Waals surface area contributed by atoms with Crippen LogP contribution in [0, 0.1) is 0 Å². The van der Waals surface area contributed by atoms with Crippen molar-refractivity contribution >= 4 is 23.4 Å². The maximum Gasteiger partial charge on any atom is 0.356 e. The molecule has 0 bridgehead atoms. The van der Waals surface area contributed by atoms with Crippen molar-refractivity contribution in [3.63, 3.8) is 0 Å². The topological polar surface area (TPSA) is 65.2 Å². The molecule has 16 heavy (non-hydrogen) atoms. The largest absolute Gasteiger partial charge is 0.461 e. The van der Waals surface area contributed by atoms with Crippen LogP contribution in [0.2, 0.25) is 0 Å². The minimum atomic E-state index is -0.388. The second-order valence-corrected chi connectivity index (χ2v) is 4.56. The van der Waals surface area contributed by atoms with Gasteiger partial charge in [0.1, 0.15) is 5.69 Å². The first-order valence-electron chi connectivity index (χ1n) is 5.20. The van der Waals surface area contributed by atoms with Gasteiger partial charge in [0.25, 0.3) is 0 Å². The number of aromatic nitrogens is 1. The molecule has 1 rings (SSSR count). The standard InChI is InChI=1S/C11H16N2O2S/c1-2-16-7-3-6-15-11(14)10-5-4-9(12)8-13-10/h4-5,8H,2-3,6-7,12H2,1H3. The third kappa shape index (κ3) is 4.53. The van der Waals surface area contributed by atoms with Crippen LogP contribution < -0.4 is 5.73 Å². The van der Waals surface area contributed by atoms with Gasteiger partial charge in [0.2, 0.25) is 0 Å². The molecule has 0 unspecified atom stereocenters. The molecule has 0 saturated heterocycles. The summed E-state index contributed by atoms with van der Waals surface area (Å²) < 4.78 is 5.06. The van der Waals surface area contributed by atoms with E-state index in [-0.39, 0.29) is 5.97 Å². The maximum absolute atomic E-state index is 11.5. The quantitative estimate of drug-likeness (QED) is 0.608. The van der Waals surface area contributed by atoms with E-state index in [1.54, 1.807) is 12.1 Å². The number of carbonyl (C=O) groups is 1. The van der Waals surface area contributed by atoms with E-state index in [9.17, 15) is 4.79 Å². The zero-order valence-corrected chi connectivity index (χ0v) is 10.1. The monoisotopic (exact) mass is 240 g/mol. The van der Waals surface area contributed by atoms with Gasteiger partial charge in [-0.2, -0.15) is 11.8 Å². The van der Waals surface area contributed by atoms with Crippen LogP contribution in [0.5, 0.6) is 0 Å².